The van der Waals surface area contributed by atoms with Crippen molar-refractivity contribution in [3.05, 3.63) is 66.2 Å². The predicted octanol–water partition coefficient (Wildman–Crippen LogP) is 4.21. The van der Waals surface area contributed by atoms with E-state index >= 15 is 0 Å². The van der Waals surface area contributed by atoms with Crippen LogP contribution < -0.4 is 5.32 Å². The second-order valence-electron chi connectivity index (χ2n) is 7.78. The number of rotatable bonds is 7. The lowest BCUT2D eigenvalue weighted by Crippen LogP contribution is -2.16. The summed E-state index contributed by atoms with van der Waals surface area (Å²) < 4.78 is 3.99. The lowest BCUT2D eigenvalue weighted by molar-refractivity contribution is -0.113. The van der Waals surface area contributed by atoms with Gasteiger partial charge in [-0.2, -0.15) is 5.10 Å². The van der Waals surface area contributed by atoms with Gasteiger partial charge in [-0.25, -0.2) is 4.68 Å². The SMILES string of the molecule is Cc1nn(-c2ccccc2)c(C)c1NC(=O)CSc1nnc(-c2cccnc2)n1C1CC1. The van der Waals surface area contributed by atoms with Gasteiger partial charge in [-0.1, -0.05) is 30.0 Å². The van der Waals surface area contributed by atoms with Crippen LogP contribution in [0.2, 0.25) is 0 Å². The number of hydrogen-bond donors (Lipinski definition) is 1. The monoisotopic (exact) mass is 445 g/mol. The number of aromatic nitrogens is 6. The first-order valence-corrected chi connectivity index (χ1v) is 11.5. The number of nitrogens with zero attached hydrogens (tertiary/aromatic N) is 6. The Labute approximate surface area is 190 Å². The van der Waals surface area contributed by atoms with E-state index in [-0.39, 0.29) is 11.7 Å². The molecule has 1 fully saturated rings. The summed E-state index contributed by atoms with van der Waals surface area (Å²) in [5, 5.41) is 17.1. The third kappa shape index (κ3) is 4.03. The van der Waals surface area contributed by atoms with Crippen molar-refractivity contribution in [3.8, 4) is 17.1 Å². The molecule has 1 saturated carbocycles. The summed E-state index contributed by atoms with van der Waals surface area (Å²) in [6.45, 7) is 3.86. The highest BCUT2D eigenvalue weighted by Gasteiger charge is 2.30. The molecule has 0 bridgehead atoms. The highest BCUT2D eigenvalue weighted by molar-refractivity contribution is 7.99. The minimum Gasteiger partial charge on any atom is -0.322 e. The molecule has 0 radical (unpaired) electrons. The maximum Gasteiger partial charge on any atom is 0.234 e. The van der Waals surface area contributed by atoms with Gasteiger partial charge in [0.1, 0.15) is 0 Å². The van der Waals surface area contributed by atoms with E-state index in [0.29, 0.717) is 6.04 Å². The molecule has 1 amide bonds. The zero-order valence-electron chi connectivity index (χ0n) is 17.9. The molecule has 9 heteroatoms. The molecule has 3 heterocycles. The number of nitrogens with one attached hydrogen (secondary N) is 1. The van der Waals surface area contributed by atoms with Crippen LogP contribution in [0.25, 0.3) is 17.1 Å². The Morgan fingerprint density at radius 2 is 1.94 bits per heavy atom. The summed E-state index contributed by atoms with van der Waals surface area (Å²) in [5.74, 6) is 0.953. The van der Waals surface area contributed by atoms with Crippen molar-refractivity contribution in [2.75, 3.05) is 11.1 Å². The molecule has 1 aliphatic carbocycles. The zero-order valence-corrected chi connectivity index (χ0v) is 18.7. The van der Waals surface area contributed by atoms with E-state index in [1.54, 1.807) is 12.4 Å². The fraction of sp³-hybridized carbons (Fsp3) is 0.261. The normalized spacial score (nSPS) is 13.3. The third-order valence-corrected chi connectivity index (χ3v) is 6.33. The second kappa shape index (κ2) is 8.58. The molecule has 1 aromatic carbocycles. The number of thioether (sulfide) groups is 1. The largest absolute Gasteiger partial charge is 0.322 e. The topological polar surface area (TPSA) is 90.5 Å². The average molecular weight is 446 g/mol. The van der Waals surface area contributed by atoms with Crippen LogP contribution in [0.4, 0.5) is 5.69 Å². The summed E-state index contributed by atoms with van der Waals surface area (Å²) in [6, 6.07) is 14.1. The number of hydrogen-bond acceptors (Lipinski definition) is 6. The van der Waals surface area contributed by atoms with Crippen LogP contribution in [-0.2, 0) is 4.79 Å². The molecule has 1 aliphatic rings. The molecule has 32 heavy (non-hydrogen) atoms. The average Bonchev–Trinajstić information content (AvgIpc) is 3.52. The number of anilines is 1. The van der Waals surface area contributed by atoms with Gasteiger partial charge in [-0.05, 0) is 51.0 Å². The van der Waals surface area contributed by atoms with Gasteiger partial charge in [-0.15, -0.1) is 10.2 Å². The Morgan fingerprint density at radius 3 is 2.66 bits per heavy atom. The standard InChI is InChI=1S/C23H23N7OS/c1-15-21(16(2)30(28-15)19-8-4-3-5-9-19)25-20(31)14-32-23-27-26-22(29(23)18-10-11-18)17-7-6-12-24-13-17/h3-9,12-13,18H,10-11,14H2,1-2H3,(H,25,31). The van der Waals surface area contributed by atoms with E-state index in [0.717, 1.165) is 52.1 Å². The summed E-state index contributed by atoms with van der Waals surface area (Å²) in [4.78, 5) is 17.0. The Hall–Kier alpha value is -3.46. The van der Waals surface area contributed by atoms with Gasteiger partial charge in [0.15, 0.2) is 11.0 Å². The number of carbonyl (C=O) groups is 1. The number of benzene rings is 1. The van der Waals surface area contributed by atoms with Crippen molar-refractivity contribution >= 4 is 23.4 Å². The quantitative estimate of drug-likeness (QED) is 0.429. The number of aryl methyl sites for hydroxylation is 1. The number of pyridine rings is 1. The molecule has 0 aliphatic heterocycles. The Balaban J connectivity index is 1.31. The summed E-state index contributed by atoms with van der Waals surface area (Å²) >= 11 is 1.40. The highest BCUT2D eigenvalue weighted by atomic mass is 32.2. The summed E-state index contributed by atoms with van der Waals surface area (Å²) in [6.07, 6.45) is 5.73. The van der Waals surface area contributed by atoms with Crippen LogP contribution in [0.15, 0.2) is 60.0 Å². The fourth-order valence-corrected chi connectivity index (χ4v) is 4.48. The highest BCUT2D eigenvalue weighted by Crippen LogP contribution is 2.41. The molecule has 3 aromatic heterocycles. The van der Waals surface area contributed by atoms with Gasteiger partial charge in [0, 0.05) is 24.0 Å². The van der Waals surface area contributed by atoms with Crippen LogP contribution in [0.5, 0.6) is 0 Å². The zero-order chi connectivity index (χ0) is 22.1. The lowest BCUT2D eigenvalue weighted by Gasteiger charge is -2.09. The summed E-state index contributed by atoms with van der Waals surface area (Å²) in [5.41, 5.74) is 4.32. The third-order valence-electron chi connectivity index (χ3n) is 5.39. The molecular formula is C23H23N7OS. The molecule has 162 valence electrons. The molecule has 0 spiro atoms. The Morgan fingerprint density at radius 1 is 1.12 bits per heavy atom. The molecule has 1 N–H and O–H groups in total. The predicted molar refractivity (Wildman–Crippen MR) is 124 cm³/mol. The smallest absolute Gasteiger partial charge is 0.234 e. The Bertz CT molecular complexity index is 1250. The van der Waals surface area contributed by atoms with E-state index < -0.39 is 0 Å². The van der Waals surface area contributed by atoms with E-state index in [1.165, 1.54) is 11.8 Å². The van der Waals surface area contributed by atoms with Gasteiger partial charge in [0.05, 0.1) is 28.5 Å². The van der Waals surface area contributed by atoms with E-state index in [4.69, 9.17) is 0 Å². The van der Waals surface area contributed by atoms with E-state index in [9.17, 15) is 4.79 Å². The van der Waals surface area contributed by atoms with Crippen LogP contribution in [0, 0.1) is 13.8 Å². The minimum absolute atomic E-state index is 0.0953. The van der Waals surface area contributed by atoms with Crippen molar-refractivity contribution in [1.29, 1.82) is 0 Å². The summed E-state index contributed by atoms with van der Waals surface area (Å²) in [7, 11) is 0. The molecular weight excluding hydrogens is 422 g/mol. The number of amides is 1. The molecule has 5 rings (SSSR count). The van der Waals surface area contributed by atoms with Gasteiger partial charge in [0.25, 0.3) is 0 Å². The first-order chi connectivity index (χ1) is 15.6. The molecule has 0 unspecified atom stereocenters. The number of carbonyl (C=O) groups excluding carboxylic acids is 1. The van der Waals surface area contributed by atoms with Crippen molar-refractivity contribution in [2.24, 2.45) is 0 Å². The van der Waals surface area contributed by atoms with Crippen LogP contribution in [0.1, 0.15) is 30.3 Å². The van der Waals surface area contributed by atoms with Gasteiger partial charge in [0.2, 0.25) is 5.91 Å². The first-order valence-electron chi connectivity index (χ1n) is 10.5. The molecule has 0 atom stereocenters. The number of para-hydroxylation sites is 1. The van der Waals surface area contributed by atoms with Crippen LogP contribution >= 0.6 is 11.8 Å². The van der Waals surface area contributed by atoms with Crippen LogP contribution in [-0.4, -0.2) is 41.2 Å². The second-order valence-corrected chi connectivity index (χ2v) is 8.72. The maximum absolute atomic E-state index is 12.8. The van der Waals surface area contributed by atoms with Crippen LogP contribution in [0.3, 0.4) is 0 Å². The van der Waals surface area contributed by atoms with E-state index in [2.05, 4.69) is 30.2 Å². The first kappa shape index (κ1) is 20.4. The minimum atomic E-state index is -0.0953. The van der Waals surface area contributed by atoms with Crippen molar-refractivity contribution in [1.82, 2.24) is 29.5 Å². The fourth-order valence-electron chi connectivity index (χ4n) is 3.68. The molecule has 0 saturated heterocycles. The van der Waals surface area contributed by atoms with Crippen molar-refractivity contribution in [2.45, 2.75) is 37.9 Å². The van der Waals surface area contributed by atoms with Crippen molar-refractivity contribution in [3.63, 3.8) is 0 Å². The van der Waals surface area contributed by atoms with Gasteiger partial charge >= 0.3 is 0 Å². The molecule has 4 aromatic rings. The maximum atomic E-state index is 12.8. The van der Waals surface area contributed by atoms with Gasteiger partial charge < -0.3 is 5.32 Å². The van der Waals surface area contributed by atoms with Gasteiger partial charge in [-0.3, -0.25) is 14.3 Å². The van der Waals surface area contributed by atoms with Crippen molar-refractivity contribution < 1.29 is 4.79 Å². The Kier molecular flexibility index (Phi) is 5.48. The lowest BCUT2D eigenvalue weighted by atomic mass is 10.3. The molecule has 8 nitrogen and oxygen atoms in total. The van der Waals surface area contributed by atoms with E-state index in [1.807, 2.05) is 61.0 Å².